The molecule has 31 heavy (non-hydrogen) atoms. The Morgan fingerprint density at radius 3 is 2.74 bits per heavy atom. The molecule has 2 atom stereocenters. The zero-order chi connectivity index (χ0) is 21.8. The first-order valence-corrected chi connectivity index (χ1v) is 10.1. The molecule has 162 valence electrons. The summed E-state index contributed by atoms with van der Waals surface area (Å²) < 4.78 is 53.5. The highest BCUT2D eigenvalue weighted by Gasteiger charge is 2.32. The maximum absolute atomic E-state index is 13.4. The molecule has 0 unspecified atom stereocenters. The maximum Gasteiger partial charge on any atom is 0.416 e. The Bertz CT molecular complexity index is 1260. The van der Waals surface area contributed by atoms with Gasteiger partial charge in [-0.1, -0.05) is 0 Å². The molecule has 1 aliphatic heterocycles. The number of imidazole rings is 1. The van der Waals surface area contributed by atoms with E-state index in [0.717, 1.165) is 25.0 Å². The van der Waals surface area contributed by atoms with Crippen LogP contribution in [0.2, 0.25) is 0 Å². The molecule has 4 heterocycles. The third-order valence-electron chi connectivity index (χ3n) is 5.62. The first-order chi connectivity index (χ1) is 14.8. The molecule has 0 saturated carbocycles. The fourth-order valence-electron chi connectivity index (χ4n) is 4.27. The molecule has 0 amide bonds. The topological polar surface area (TPSA) is 78.9 Å². The van der Waals surface area contributed by atoms with Gasteiger partial charge in [-0.3, -0.25) is 4.98 Å². The van der Waals surface area contributed by atoms with Gasteiger partial charge in [-0.2, -0.15) is 13.2 Å². The number of benzene rings is 1. The van der Waals surface area contributed by atoms with Gasteiger partial charge in [0.05, 0.1) is 35.3 Å². The molecule has 1 saturated heterocycles. The van der Waals surface area contributed by atoms with E-state index in [1.807, 2.05) is 11.5 Å². The molecular formula is C21H20F3N5O2. The van der Waals surface area contributed by atoms with Crippen LogP contribution in [0, 0.1) is 6.92 Å². The number of aromatic nitrogens is 5. The lowest BCUT2D eigenvalue weighted by molar-refractivity contribution is -0.137. The Balaban J connectivity index is 1.75. The van der Waals surface area contributed by atoms with Crippen LogP contribution in [0.15, 0.2) is 28.8 Å². The highest BCUT2D eigenvalue weighted by Crippen LogP contribution is 2.37. The smallest absolute Gasteiger partial charge is 0.416 e. The molecule has 1 aromatic carbocycles. The van der Waals surface area contributed by atoms with Gasteiger partial charge in [0.2, 0.25) is 11.8 Å². The molecule has 0 aliphatic carbocycles. The normalized spacial score (nSPS) is 20.0. The van der Waals surface area contributed by atoms with E-state index in [-0.39, 0.29) is 18.6 Å². The fraction of sp³-hybridized carbons (Fsp3) is 0.429. The van der Waals surface area contributed by atoms with Gasteiger partial charge in [0.1, 0.15) is 11.3 Å². The number of pyridine rings is 1. The molecule has 3 aromatic heterocycles. The summed E-state index contributed by atoms with van der Waals surface area (Å²) in [6.07, 6.45) is -1.07. The predicted molar refractivity (Wildman–Crippen MR) is 106 cm³/mol. The van der Waals surface area contributed by atoms with Gasteiger partial charge >= 0.3 is 6.18 Å². The number of fused-ring (bicyclic) bond motifs is 3. The lowest BCUT2D eigenvalue weighted by atomic mass is 10.0. The molecule has 0 N–H and O–H groups in total. The molecule has 0 bridgehead atoms. The summed E-state index contributed by atoms with van der Waals surface area (Å²) in [6.45, 7) is 4.27. The van der Waals surface area contributed by atoms with Crippen LogP contribution < -0.4 is 0 Å². The van der Waals surface area contributed by atoms with Crippen molar-refractivity contribution < 1.29 is 22.3 Å². The van der Waals surface area contributed by atoms with Crippen molar-refractivity contribution in [3.63, 3.8) is 0 Å². The molecule has 5 rings (SSSR count). The van der Waals surface area contributed by atoms with Crippen molar-refractivity contribution >= 4 is 21.9 Å². The molecule has 0 spiro atoms. The van der Waals surface area contributed by atoms with Crippen LogP contribution in [-0.4, -0.2) is 37.4 Å². The predicted octanol–water partition coefficient (Wildman–Crippen LogP) is 4.63. The molecule has 7 nitrogen and oxygen atoms in total. The average Bonchev–Trinajstić information content (AvgIpc) is 3.30. The Kier molecular flexibility index (Phi) is 4.69. The Morgan fingerprint density at radius 1 is 1.19 bits per heavy atom. The van der Waals surface area contributed by atoms with Crippen LogP contribution in [0.1, 0.15) is 49.0 Å². The van der Waals surface area contributed by atoms with Gasteiger partial charge in [0, 0.05) is 25.0 Å². The van der Waals surface area contributed by atoms with E-state index in [1.165, 1.54) is 6.07 Å². The van der Waals surface area contributed by atoms with Crippen molar-refractivity contribution in [2.75, 3.05) is 6.61 Å². The highest BCUT2D eigenvalue weighted by atomic mass is 19.4. The summed E-state index contributed by atoms with van der Waals surface area (Å²) in [6, 6.07) is 3.64. The van der Waals surface area contributed by atoms with E-state index in [4.69, 9.17) is 14.1 Å². The summed E-state index contributed by atoms with van der Waals surface area (Å²) in [7, 11) is 0. The monoisotopic (exact) mass is 431 g/mol. The highest BCUT2D eigenvalue weighted by molar-refractivity contribution is 6.02. The number of hydrogen-bond acceptors (Lipinski definition) is 6. The first kappa shape index (κ1) is 19.9. The van der Waals surface area contributed by atoms with Crippen molar-refractivity contribution in [2.45, 2.75) is 51.4 Å². The Morgan fingerprint density at radius 2 is 2.03 bits per heavy atom. The number of ether oxygens (including phenoxy) is 1. The van der Waals surface area contributed by atoms with Crippen molar-refractivity contribution in [3.8, 4) is 0 Å². The second-order valence-electron chi connectivity index (χ2n) is 7.87. The van der Waals surface area contributed by atoms with Crippen LogP contribution >= 0.6 is 0 Å². The van der Waals surface area contributed by atoms with E-state index < -0.39 is 11.7 Å². The number of nitrogens with zero attached hydrogens (tertiary/aromatic N) is 5. The first-order valence-electron chi connectivity index (χ1n) is 10.1. The minimum Gasteiger partial charge on any atom is -0.425 e. The lowest BCUT2D eigenvalue weighted by Gasteiger charge is -2.30. The molecule has 4 aromatic rings. The van der Waals surface area contributed by atoms with Crippen molar-refractivity contribution in [2.24, 2.45) is 0 Å². The standard InChI is InChI=1S/C21H20F3N5O2/c1-11-7-14(5-6-30-11)29-18(9-19-28-27-12(2)31-19)26-17-10-25-16-4-3-13(21(22,23)24)8-15(16)20(17)29/h3-4,8,10-11,14H,5-7,9H2,1-2H3/t11-,14-/m1/s1. The molecule has 1 fully saturated rings. The van der Waals surface area contributed by atoms with Gasteiger partial charge in [-0.25, -0.2) is 4.98 Å². The van der Waals surface area contributed by atoms with E-state index in [0.29, 0.717) is 46.1 Å². The van der Waals surface area contributed by atoms with Crippen LogP contribution in [0.4, 0.5) is 13.2 Å². The van der Waals surface area contributed by atoms with Gasteiger partial charge < -0.3 is 13.7 Å². The van der Waals surface area contributed by atoms with E-state index >= 15 is 0 Å². The van der Waals surface area contributed by atoms with Crippen LogP contribution in [0.3, 0.4) is 0 Å². The molecule has 0 radical (unpaired) electrons. The molecule has 10 heteroatoms. The van der Waals surface area contributed by atoms with Crippen molar-refractivity contribution in [3.05, 3.63) is 47.6 Å². The van der Waals surface area contributed by atoms with E-state index in [9.17, 15) is 13.2 Å². The summed E-state index contributed by atoms with van der Waals surface area (Å²) in [5.41, 5.74) is 0.956. The van der Waals surface area contributed by atoms with E-state index in [2.05, 4.69) is 15.2 Å². The summed E-state index contributed by atoms with van der Waals surface area (Å²) in [5, 5.41) is 8.35. The lowest BCUT2D eigenvalue weighted by Crippen LogP contribution is -2.26. The summed E-state index contributed by atoms with van der Waals surface area (Å²) in [4.78, 5) is 9.05. The largest absolute Gasteiger partial charge is 0.425 e. The minimum absolute atomic E-state index is 0.0212. The van der Waals surface area contributed by atoms with Crippen LogP contribution in [0.5, 0.6) is 0 Å². The number of hydrogen-bond donors (Lipinski definition) is 0. The summed E-state index contributed by atoms with van der Waals surface area (Å²) >= 11 is 0. The molecular weight excluding hydrogens is 411 g/mol. The number of aryl methyl sites for hydroxylation is 1. The van der Waals surface area contributed by atoms with Crippen LogP contribution in [-0.2, 0) is 17.3 Å². The number of alkyl halides is 3. The second-order valence-corrected chi connectivity index (χ2v) is 7.87. The van der Waals surface area contributed by atoms with Crippen LogP contribution in [0.25, 0.3) is 21.9 Å². The van der Waals surface area contributed by atoms with Crippen molar-refractivity contribution in [1.82, 2.24) is 24.7 Å². The zero-order valence-corrected chi connectivity index (χ0v) is 17.0. The van der Waals surface area contributed by atoms with Gasteiger partial charge in [-0.05, 0) is 38.0 Å². The third kappa shape index (κ3) is 3.65. The van der Waals surface area contributed by atoms with Gasteiger partial charge in [0.25, 0.3) is 0 Å². The quantitative estimate of drug-likeness (QED) is 0.471. The Labute approximate surface area is 175 Å². The Hall–Kier alpha value is -3.01. The third-order valence-corrected chi connectivity index (χ3v) is 5.62. The average molecular weight is 431 g/mol. The summed E-state index contributed by atoms with van der Waals surface area (Å²) in [5.74, 6) is 1.51. The second kappa shape index (κ2) is 7.30. The maximum atomic E-state index is 13.4. The van der Waals surface area contributed by atoms with Gasteiger partial charge in [0.15, 0.2) is 0 Å². The zero-order valence-electron chi connectivity index (χ0n) is 17.0. The van der Waals surface area contributed by atoms with E-state index in [1.54, 1.807) is 13.1 Å². The SMILES string of the molecule is Cc1nnc(Cc2nc3cnc4ccc(C(F)(F)F)cc4c3n2[C@@H]2CCO[C@H](C)C2)o1. The number of halogens is 3. The number of rotatable bonds is 3. The molecule has 1 aliphatic rings. The fourth-order valence-corrected chi connectivity index (χ4v) is 4.27. The van der Waals surface area contributed by atoms with Gasteiger partial charge in [-0.15, -0.1) is 10.2 Å². The van der Waals surface area contributed by atoms with Crippen molar-refractivity contribution in [1.29, 1.82) is 0 Å². The minimum atomic E-state index is -4.45.